The van der Waals surface area contributed by atoms with Crippen LogP contribution in [0.3, 0.4) is 0 Å². The average Bonchev–Trinajstić information content (AvgIpc) is 2.87. The lowest BCUT2D eigenvalue weighted by molar-refractivity contribution is -0.119. The van der Waals surface area contributed by atoms with Crippen LogP contribution in [0.15, 0.2) is 24.3 Å². The first kappa shape index (κ1) is 18.1. The first-order valence-electron chi connectivity index (χ1n) is 9.16. The average molecular weight is 355 g/mol. The zero-order valence-corrected chi connectivity index (χ0v) is 15.1. The maximum Gasteiger partial charge on any atom is 0.251 e. The molecule has 1 aliphatic rings. The summed E-state index contributed by atoms with van der Waals surface area (Å²) in [5.41, 5.74) is 1.57. The van der Waals surface area contributed by atoms with Gasteiger partial charge in [0.1, 0.15) is 11.6 Å². The van der Waals surface area contributed by atoms with Gasteiger partial charge in [0.05, 0.1) is 0 Å². The summed E-state index contributed by atoms with van der Waals surface area (Å²) in [5.74, 6) is 1.84. The largest absolute Gasteiger partial charge is 0.352 e. The van der Waals surface area contributed by atoms with Crippen molar-refractivity contribution in [2.75, 3.05) is 6.54 Å². The summed E-state index contributed by atoms with van der Waals surface area (Å²) < 4.78 is 2.20. The van der Waals surface area contributed by atoms with Gasteiger partial charge < -0.3 is 15.2 Å². The first-order valence-corrected chi connectivity index (χ1v) is 9.16. The molecule has 0 saturated carbocycles. The molecule has 2 aromatic rings. The highest BCUT2D eigenvalue weighted by Crippen LogP contribution is 2.14. The number of amides is 2. The number of hydrogen-bond donors (Lipinski definition) is 2. The number of aryl methyl sites for hydroxylation is 1. The summed E-state index contributed by atoms with van der Waals surface area (Å²) in [6, 6.07) is 7.25. The van der Waals surface area contributed by atoms with Crippen LogP contribution in [0.5, 0.6) is 0 Å². The molecule has 0 saturated heterocycles. The summed E-state index contributed by atoms with van der Waals surface area (Å²) in [6.07, 6.45) is 5.24. The van der Waals surface area contributed by atoms with Crippen molar-refractivity contribution in [1.82, 2.24) is 25.4 Å². The van der Waals surface area contributed by atoms with Crippen molar-refractivity contribution in [1.29, 1.82) is 0 Å². The predicted molar refractivity (Wildman–Crippen MR) is 97.6 cm³/mol. The molecule has 2 N–H and O–H groups in total. The van der Waals surface area contributed by atoms with Crippen molar-refractivity contribution in [2.45, 2.75) is 52.1 Å². The third-order valence-corrected chi connectivity index (χ3v) is 4.58. The van der Waals surface area contributed by atoms with E-state index in [1.807, 2.05) is 12.1 Å². The molecule has 0 unspecified atom stereocenters. The van der Waals surface area contributed by atoms with Crippen molar-refractivity contribution >= 4 is 11.8 Å². The van der Waals surface area contributed by atoms with Gasteiger partial charge in [0.15, 0.2) is 0 Å². The fourth-order valence-electron chi connectivity index (χ4n) is 3.12. The van der Waals surface area contributed by atoms with Crippen molar-refractivity contribution in [3.63, 3.8) is 0 Å². The number of hydrogen-bond acceptors (Lipinski definition) is 4. The van der Waals surface area contributed by atoms with Crippen LogP contribution in [0.1, 0.15) is 53.8 Å². The van der Waals surface area contributed by atoms with Crippen LogP contribution >= 0.6 is 0 Å². The lowest BCUT2D eigenvalue weighted by atomic mass is 10.1. The second kappa shape index (κ2) is 8.60. The van der Waals surface area contributed by atoms with Crippen molar-refractivity contribution < 1.29 is 9.59 Å². The summed E-state index contributed by atoms with van der Waals surface area (Å²) in [4.78, 5) is 23.2. The molecule has 3 rings (SSSR count). The van der Waals surface area contributed by atoms with Crippen molar-refractivity contribution in [3.05, 3.63) is 47.0 Å². The Labute approximate surface area is 153 Å². The molecule has 2 heterocycles. The second-order valence-corrected chi connectivity index (χ2v) is 6.61. The zero-order chi connectivity index (χ0) is 18.4. The molecule has 2 amide bonds. The van der Waals surface area contributed by atoms with Crippen LogP contribution in [-0.4, -0.2) is 33.1 Å². The van der Waals surface area contributed by atoms with Gasteiger partial charge in [0.25, 0.3) is 5.91 Å². The Hall–Kier alpha value is -2.70. The van der Waals surface area contributed by atoms with E-state index in [9.17, 15) is 9.59 Å². The highest BCUT2D eigenvalue weighted by atomic mass is 16.2. The van der Waals surface area contributed by atoms with Crippen LogP contribution in [0.2, 0.25) is 0 Å². The summed E-state index contributed by atoms with van der Waals surface area (Å²) in [5, 5.41) is 14.2. The van der Waals surface area contributed by atoms with E-state index < -0.39 is 0 Å². The van der Waals surface area contributed by atoms with E-state index in [2.05, 4.69) is 25.4 Å². The molecule has 0 aliphatic carbocycles. The lowest BCUT2D eigenvalue weighted by Gasteiger charge is -2.08. The van der Waals surface area contributed by atoms with E-state index in [4.69, 9.17) is 0 Å². The zero-order valence-electron chi connectivity index (χ0n) is 15.1. The van der Waals surface area contributed by atoms with Gasteiger partial charge in [-0.25, -0.2) is 0 Å². The molecular formula is C19H25N5O2. The molecule has 0 radical (unpaired) electrons. The topological polar surface area (TPSA) is 88.9 Å². The second-order valence-electron chi connectivity index (χ2n) is 6.61. The molecule has 0 fully saturated rings. The molecule has 7 heteroatoms. The summed E-state index contributed by atoms with van der Waals surface area (Å²) in [7, 11) is 0. The van der Waals surface area contributed by atoms with Gasteiger partial charge >= 0.3 is 0 Å². The standard InChI is InChI=1S/C19H25N5O2/c1-14(25)21-13-15-6-8-16(9-7-15)19(26)20-11-10-18-23-22-17-5-3-2-4-12-24(17)18/h6-9H,2-5,10-13H2,1H3,(H,20,26)(H,21,25). The van der Waals surface area contributed by atoms with Crippen LogP contribution in [0.4, 0.5) is 0 Å². The molecule has 1 aliphatic heterocycles. The molecular weight excluding hydrogens is 330 g/mol. The summed E-state index contributed by atoms with van der Waals surface area (Å²) >= 11 is 0. The maximum absolute atomic E-state index is 12.3. The number of carbonyl (C=O) groups excluding carboxylic acids is 2. The number of rotatable bonds is 6. The van der Waals surface area contributed by atoms with Crippen molar-refractivity contribution in [2.24, 2.45) is 0 Å². The van der Waals surface area contributed by atoms with E-state index in [0.717, 1.165) is 36.6 Å². The fraction of sp³-hybridized carbons (Fsp3) is 0.474. The van der Waals surface area contributed by atoms with Gasteiger partial charge in [-0.2, -0.15) is 0 Å². The molecule has 7 nitrogen and oxygen atoms in total. The van der Waals surface area contributed by atoms with Gasteiger partial charge in [-0.3, -0.25) is 9.59 Å². The number of nitrogens with zero attached hydrogens (tertiary/aromatic N) is 3. The van der Waals surface area contributed by atoms with E-state index in [1.165, 1.54) is 19.8 Å². The summed E-state index contributed by atoms with van der Waals surface area (Å²) in [6.45, 7) is 3.46. The first-order chi connectivity index (χ1) is 12.6. The monoisotopic (exact) mass is 355 g/mol. The minimum Gasteiger partial charge on any atom is -0.352 e. The Morgan fingerprint density at radius 2 is 1.88 bits per heavy atom. The molecule has 1 aromatic carbocycles. The van der Waals surface area contributed by atoms with E-state index in [0.29, 0.717) is 25.1 Å². The van der Waals surface area contributed by atoms with Gasteiger partial charge in [-0.05, 0) is 30.5 Å². The van der Waals surface area contributed by atoms with Crippen molar-refractivity contribution in [3.8, 4) is 0 Å². The predicted octanol–water partition coefficient (Wildman–Crippen LogP) is 1.61. The number of aromatic nitrogens is 3. The SMILES string of the molecule is CC(=O)NCc1ccc(C(=O)NCCc2nnc3n2CCCCC3)cc1. The van der Waals surface area contributed by atoms with Crippen LogP contribution in [0.25, 0.3) is 0 Å². The Kier molecular flexibility index (Phi) is 5.99. The maximum atomic E-state index is 12.3. The van der Waals surface area contributed by atoms with Crippen LogP contribution in [0, 0.1) is 0 Å². The van der Waals surface area contributed by atoms with Gasteiger partial charge in [0, 0.05) is 45.0 Å². The number of carbonyl (C=O) groups is 2. The highest BCUT2D eigenvalue weighted by Gasteiger charge is 2.14. The third kappa shape index (κ3) is 4.68. The van der Waals surface area contributed by atoms with Gasteiger partial charge in [-0.15, -0.1) is 10.2 Å². The smallest absolute Gasteiger partial charge is 0.251 e. The van der Waals surface area contributed by atoms with Crippen LogP contribution in [-0.2, 0) is 30.7 Å². The van der Waals surface area contributed by atoms with E-state index >= 15 is 0 Å². The molecule has 1 aromatic heterocycles. The van der Waals surface area contributed by atoms with E-state index in [1.54, 1.807) is 12.1 Å². The Balaban J connectivity index is 1.50. The molecule has 0 spiro atoms. The van der Waals surface area contributed by atoms with E-state index in [-0.39, 0.29) is 11.8 Å². The van der Waals surface area contributed by atoms with Gasteiger partial charge in [-0.1, -0.05) is 18.6 Å². The lowest BCUT2D eigenvalue weighted by Crippen LogP contribution is -2.26. The number of fused-ring (bicyclic) bond motifs is 1. The Morgan fingerprint density at radius 1 is 1.08 bits per heavy atom. The Morgan fingerprint density at radius 3 is 2.65 bits per heavy atom. The number of benzene rings is 1. The minimum atomic E-state index is -0.105. The molecule has 0 atom stereocenters. The molecule has 138 valence electrons. The highest BCUT2D eigenvalue weighted by molar-refractivity contribution is 5.94. The normalized spacial score (nSPS) is 13.6. The van der Waals surface area contributed by atoms with Gasteiger partial charge in [0.2, 0.25) is 5.91 Å². The quantitative estimate of drug-likeness (QED) is 0.824. The fourth-order valence-corrected chi connectivity index (χ4v) is 3.12. The minimum absolute atomic E-state index is 0.0711. The third-order valence-electron chi connectivity index (χ3n) is 4.58. The Bertz CT molecular complexity index is 767. The molecule has 0 bridgehead atoms. The number of nitrogens with one attached hydrogen (secondary N) is 2. The molecule has 26 heavy (non-hydrogen) atoms. The van der Waals surface area contributed by atoms with Crippen LogP contribution < -0.4 is 10.6 Å².